The fraction of sp³-hybridized carbons (Fsp3) is 0.200. The third-order valence-electron chi connectivity index (χ3n) is 4.74. The second kappa shape index (κ2) is 5.96. The first-order chi connectivity index (χ1) is 11.7. The third kappa shape index (κ3) is 2.60. The summed E-state index contributed by atoms with van der Waals surface area (Å²) in [6, 6.07) is 19.1. The molecule has 2 aliphatic rings. The molecule has 0 saturated carbocycles. The number of nitrogens with one attached hydrogen (secondary N) is 2. The summed E-state index contributed by atoms with van der Waals surface area (Å²) in [7, 11) is 0. The van der Waals surface area contributed by atoms with E-state index >= 15 is 0 Å². The van der Waals surface area contributed by atoms with Crippen LogP contribution in [0.3, 0.4) is 0 Å². The molecule has 0 bridgehead atoms. The maximum atomic E-state index is 12.9. The van der Waals surface area contributed by atoms with Crippen molar-refractivity contribution >= 4 is 11.8 Å². The van der Waals surface area contributed by atoms with E-state index in [1.165, 1.54) is 0 Å². The van der Waals surface area contributed by atoms with Gasteiger partial charge in [0.1, 0.15) is 0 Å². The maximum Gasteiger partial charge on any atom is 0.319 e. The highest BCUT2D eigenvalue weighted by molar-refractivity contribution is 6.01. The Morgan fingerprint density at radius 1 is 0.792 bits per heavy atom. The van der Waals surface area contributed by atoms with Crippen molar-refractivity contribution < 1.29 is 9.59 Å². The van der Waals surface area contributed by atoms with Gasteiger partial charge in [0.15, 0.2) is 5.78 Å². The molecule has 4 nitrogen and oxygen atoms in total. The topological polar surface area (TPSA) is 58.2 Å². The molecule has 2 atom stereocenters. The van der Waals surface area contributed by atoms with Gasteiger partial charge in [-0.3, -0.25) is 4.79 Å². The lowest BCUT2D eigenvalue weighted by molar-refractivity contribution is -0.116. The number of benzene rings is 2. The van der Waals surface area contributed by atoms with Crippen molar-refractivity contribution in [2.24, 2.45) is 0 Å². The molecule has 24 heavy (non-hydrogen) atoms. The van der Waals surface area contributed by atoms with Gasteiger partial charge in [-0.05, 0) is 23.5 Å². The minimum Gasteiger partial charge on any atom is -0.327 e. The van der Waals surface area contributed by atoms with E-state index in [0.29, 0.717) is 18.4 Å². The van der Waals surface area contributed by atoms with Gasteiger partial charge in [-0.25, -0.2) is 4.79 Å². The summed E-state index contributed by atoms with van der Waals surface area (Å²) in [5.74, 6) is 0.221. The number of amides is 2. The molecule has 0 radical (unpaired) electrons. The Bertz CT molecular complexity index is 812. The average Bonchev–Trinajstić information content (AvgIpc) is 2.62. The molecule has 2 amide bonds. The van der Waals surface area contributed by atoms with Gasteiger partial charge in [0.25, 0.3) is 0 Å². The minimum absolute atomic E-state index is 0.103. The summed E-state index contributed by atoms with van der Waals surface area (Å²) in [5, 5.41) is 5.75. The van der Waals surface area contributed by atoms with Crippen LogP contribution in [0.5, 0.6) is 0 Å². The molecule has 0 fully saturated rings. The Kier molecular flexibility index (Phi) is 3.65. The van der Waals surface area contributed by atoms with Crippen LogP contribution in [0.15, 0.2) is 71.9 Å². The summed E-state index contributed by atoms with van der Waals surface area (Å²) >= 11 is 0. The van der Waals surface area contributed by atoms with Gasteiger partial charge in [-0.1, -0.05) is 60.7 Å². The Morgan fingerprint density at radius 3 is 2.08 bits per heavy atom. The number of carbonyl (C=O) groups is 2. The maximum absolute atomic E-state index is 12.9. The van der Waals surface area contributed by atoms with Crippen molar-refractivity contribution in [3.8, 4) is 0 Å². The molecular weight excluding hydrogens is 300 g/mol. The average molecular weight is 318 g/mol. The number of ketones is 1. The highest BCUT2D eigenvalue weighted by atomic mass is 16.2. The molecule has 2 aromatic rings. The Balaban J connectivity index is 1.72. The number of allylic oxidation sites excluding steroid dienone is 1. The number of urea groups is 1. The molecule has 4 rings (SSSR count). The highest BCUT2D eigenvalue weighted by Crippen LogP contribution is 2.39. The van der Waals surface area contributed by atoms with Crippen molar-refractivity contribution in [3.63, 3.8) is 0 Å². The van der Waals surface area contributed by atoms with Crippen molar-refractivity contribution in [2.45, 2.75) is 24.8 Å². The predicted molar refractivity (Wildman–Crippen MR) is 91.3 cm³/mol. The number of hydrogen-bond donors (Lipinski definition) is 2. The van der Waals surface area contributed by atoms with Crippen LogP contribution in [0.25, 0.3) is 0 Å². The standard InChI is InChI=1S/C20H18N2O2/c23-17-12-15(13-7-3-1-4-8-13)11-16-18(17)19(22-20(24)21-16)14-9-5-2-6-10-14/h1-10,15,19H,11-12H2,(H2,21,22,24)/t15-,19+/m0/s1. The summed E-state index contributed by atoms with van der Waals surface area (Å²) in [5.41, 5.74) is 3.54. The Labute approximate surface area is 140 Å². The zero-order chi connectivity index (χ0) is 16.5. The first-order valence-corrected chi connectivity index (χ1v) is 8.16. The molecule has 0 saturated heterocycles. The minimum atomic E-state index is -0.362. The van der Waals surface area contributed by atoms with Gasteiger partial charge in [0.2, 0.25) is 0 Å². The molecule has 0 spiro atoms. The molecule has 1 aliphatic heterocycles. The smallest absolute Gasteiger partial charge is 0.319 e. The van der Waals surface area contributed by atoms with Crippen LogP contribution in [0.2, 0.25) is 0 Å². The van der Waals surface area contributed by atoms with Crippen LogP contribution in [-0.2, 0) is 4.79 Å². The Hall–Kier alpha value is -2.88. The van der Waals surface area contributed by atoms with E-state index in [2.05, 4.69) is 10.6 Å². The third-order valence-corrected chi connectivity index (χ3v) is 4.74. The van der Waals surface area contributed by atoms with Crippen molar-refractivity contribution in [3.05, 3.63) is 83.1 Å². The number of carbonyl (C=O) groups excluding carboxylic acids is 2. The fourth-order valence-corrected chi connectivity index (χ4v) is 3.62. The lowest BCUT2D eigenvalue weighted by Gasteiger charge is -2.35. The molecule has 0 aromatic heterocycles. The van der Waals surface area contributed by atoms with Crippen LogP contribution in [0.1, 0.15) is 35.9 Å². The zero-order valence-corrected chi connectivity index (χ0v) is 13.2. The van der Waals surface area contributed by atoms with E-state index in [9.17, 15) is 9.59 Å². The molecule has 1 aliphatic carbocycles. The first kappa shape index (κ1) is 14.7. The number of Topliss-reactive ketones (excluding diaryl/α,β-unsaturated/α-hetero) is 1. The van der Waals surface area contributed by atoms with Gasteiger partial charge in [0.05, 0.1) is 6.04 Å². The Morgan fingerprint density at radius 2 is 1.42 bits per heavy atom. The van der Waals surface area contributed by atoms with Crippen molar-refractivity contribution in [1.82, 2.24) is 10.6 Å². The molecule has 4 heteroatoms. The van der Waals surface area contributed by atoms with Crippen molar-refractivity contribution in [2.75, 3.05) is 0 Å². The van der Waals surface area contributed by atoms with Gasteiger partial charge in [0, 0.05) is 17.7 Å². The summed E-state index contributed by atoms with van der Waals surface area (Å²) in [6.07, 6.45) is 1.16. The normalized spacial score (nSPS) is 23.3. The van der Waals surface area contributed by atoms with Crippen LogP contribution < -0.4 is 10.6 Å². The molecule has 2 aromatic carbocycles. The number of rotatable bonds is 2. The molecule has 1 heterocycles. The molecule has 0 unspecified atom stereocenters. The van der Waals surface area contributed by atoms with Crippen LogP contribution in [-0.4, -0.2) is 11.8 Å². The summed E-state index contributed by atoms with van der Waals surface area (Å²) in [6.45, 7) is 0. The monoisotopic (exact) mass is 318 g/mol. The molecule has 2 N–H and O–H groups in total. The van der Waals surface area contributed by atoms with E-state index in [0.717, 1.165) is 16.8 Å². The van der Waals surface area contributed by atoms with Crippen LogP contribution >= 0.6 is 0 Å². The van der Waals surface area contributed by atoms with Gasteiger partial charge in [-0.2, -0.15) is 0 Å². The van der Waals surface area contributed by atoms with Crippen LogP contribution in [0, 0.1) is 0 Å². The first-order valence-electron chi connectivity index (χ1n) is 8.16. The molecular formula is C20H18N2O2. The predicted octanol–water partition coefficient (Wildman–Crippen LogP) is 3.44. The van der Waals surface area contributed by atoms with Crippen LogP contribution in [0.4, 0.5) is 4.79 Å². The quantitative estimate of drug-likeness (QED) is 0.891. The lowest BCUT2D eigenvalue weighted by atomic mass is 9.78. The second-order valence-corrected chi connectivity index (χ2v) is 6.27. The highest BCUT2D eigenvalue weighted by Gasteiger charge is 2.37. The largest absolute Gasteiger partial charge is 0.327 e. The zero-order valence-electron chi connectivity index (χ0n) is 13.2. The van der Waals surface area contributed by atoms with E-state index in [1.54, 1.807) is 0 Å². The van der Waals surface area contributed by atoms with Gasteiger partial charge >= 0.3 is 6.03 Å². The van der Waals surface area contributed by atoms with Gasteiger partial charge in [-0.15, -0.1) is 0 Å². The fourth-order valence-electron chi connectivity index (χ4n) is 3.62. The number of hydrogen-bond acceptors (Lipinski definition) is 2. The lowest BCUT2D eigenvalue weighted by Crippen LogP contribution is -2.47. The second-order valence-electron chi connectivity index (χ2n) is 6.27. The molecule has 120 valence electrons. The van der Waals surface area contributed by atoms with E-state index in [1.807, 2.05) is 60.7 Å². The van der Waals surface area contributed by atoms with Gasteiger partial charge < -0.3 is 10.6 Å². The van der Waals surface area contributed by atoms with E-state index < -0.39 is 0 Å². The summed E-state index contributed by atoms with van der Waals surface area (Å²) in [4.78, 5) is 24.9. The SMILES string of the molecule is O=C1NC2=C(C(=O)C[C@@H](c3ccccc3)C2)[C@@H](c2ccccc2)N1. The van der Waals surface area contributed by atoms with E-state index in [4.69, 9.17) is 0 Å². The van der Waals surface area contributed by atoms with E-state index in [-0.39, 0.29) is 23.8 Å². The summed E-state index contributed by atoms with van der Waals surface area (Å²) < 4.78 is 0. The van der Waals surface area contributed by atoms with Crippen molar-refractivity contribution in [1.29, 1.82) is 0 Å².